The van der Waals surface area contributed by atoms with Crippen LogP contribution in [0.4, 0.5) is 34.1 Å². The molecule has 0 bridgehead atoms. The number of methoxy groups -OCH3 is 4. The number of amides is 4. The van der Waals surface area contributed by atoms with Crippen LogP contribution in [-0.4, -0.2) is 145 Å². The van der Waals surface area contributed by atoms with Crippen LogP contribution in [0.5, 0.6) is 23.0 Å². The fourth-order valence-electron chi connectivity index (χ4n) is 12.9. The van der Waals surface area contributed by atoms with Gasteiger partial charge in [-0.25, -0.2) is 0 Å². The van der Waals surface area contributed by atoms with Crippen LogP contribution in [0.3, 0.4) is 0 Å². The average molecular weight is 1640 g/mol. The predicted octanol–water partition coefficient (Wildman–Crippen LogP) is 14.9. The van der Waals surface area contributed by atoms with E-state index in [1.807, 2.05) is 130 Å². The Morgan fingerprint density at radius 1 is 0.402 bits per heavy atom. The van der Waals surface area contributed by atoms with Gasteiger partial charge in [-0.1, -0.05) is 121 Å². The number of carbonyl (C=O) groups is 4. The minimum atomic E-state index is 0.128. The number of piperazine rings is 3. The molecule has 0 radical (unpaired) electrons. The van der Waals surface area contributed by atoms with Crippen LogP contribution in [0.1, 0.15) is 70.2 Å². The number of ether oxygens (including phenoxy) is 4. The zero-order valence-corrected chi connectivity index (χ0v) is 66.9. The van der Waals surface area contributed by atoms with E-state index >= 15 is 0 Å². The number of rotatable bonds is 13. The topological polar surface area (TPSA) is 220 Å². The van der Waals surface area contributed by atoms with Gasteiger partial charge in [0.05, 0.1) is 48.1 Å². The Morgan fingerprint density at radius 2 is 0.748 bits per heavy atom. The smallest absolute Gasteiger partial charge is 0.227 e. The monoisotopic (exact) mass is 1640 g/mol. The third-order valence-corrected chi connectivity index (χ3v) is 19.7. The van der Waals surface area contributed by atoms with E-state index < -0.39 is 0 Å². The summed E-state index contributed by atoms with van der Waals surface area (Å²) in [6, 6.07) is 56.9. The number of carbonyl (C=O) groups excluding carboxylic acids is 4. The molecule has 3 saturated heterocycles. The van der Waals surface area contributed by atoms with Crippen molar-refractivity contribution in [1.29, 1.82) is 0 Å². The molecule has 0 spiro atoms. The quantitative estimate of drug-likeness (QED) is 0.0722. The van der Waals surface area contributed by atoms with Crippen LogP contribution < -0.4 is 59.4 Å². The van der Waals surface area contributed by atoms with E-state index in [2.05, 4.69) is 139 Å². The molecule has 3 N–H and O–H groups in total. The van der Waals surface area contributed by atoms with Crippen LogP contribution in [0.15, 0.2) is 179 Å². The Kier molecular flexibility index (Phi) is 35.6. The maximum Gasteiger partial charge on any atom is 0.227 e. The summed E-state index contributed by atoms with van der Waals surface area (Å²) in [7, 11) is 8.20. The predicted molar refractivity (Wildman–Crippen MR) is 442 cm³/mol. The first-order chi connectivity index (χ1) is 52.1. The van der Waals surface area contributed by atoms with Gasteiger partial charge < -0.3 is 70.0 Å². The number of aryl methyl sites for hydroxylation is 4. The molecule has 0 saturated carbocycles. The van der Waals surface area contributed by atoms with Crippen LogP contribution in [-0.2, 0) is 79.2 Å². The minimum absolute atomic E-state index is 0.128. The zero-order valence-electron chi connectivity index (χ0n) is 62.1. The fraction of sp³-hybridized carbons (Fsp3) is 0.366. The van der Waals surface area contributed by atoms with Gasteiger partial charge in [0.1, 0.15) is 23.0 Å². The second kappa shape index (κ2) is 45.3. The molecule has 7 aliphatic rings. The molecule has 25 heteroatoms. The molecule has 7 aliphatic heterocycles. The number of benzene rings is 8. The number of alkyl halides is 1. The van der Waals surface area contributed by atoms with E-state index in [0.717, 1.165) is 201 Å². The molecule has 107 heavy (non-hydrogen) atoms. The molecule has 20 nitrogen and oxygen atoms in total. The molecule has 4 amide bonds. The first kappa shape index (κ1) is 84.1. The molecule has 8 aromatic carbocycles. The first-order valence-electron chi connectivity index (χ1n) is 36.2. The van der Waals surface area contributed by atoms with Crippen molar-refractivity contribution in [3.8, 4) is 23.0 Å². The van der Waals surface area contributed by atoms with Gasteiger partial charge in [0.15, 0.2) is 0 Å². The SMILES string of the molecule is C1CNCC[N-]1.CB=O.CB=O.COc1cc(Br)cc(CBr)c1.COc1cc(Br)cc(CN2C(=O)CCc3ccccc32)c1.COc1cc(CN2C(=O)CCc3ccccc32)cc(N2CCNCC2)c1.COc1cc(CN2C(=O)CCc3ccccc32)cc(N2CC[N-]CC2)c1.O=C1CCc2ccccc2N1. The Labute approximate surface area is 657 Å². The van der Waals surface area contributed by atoms with Crippen LogP contribution in [0, 0.1) is 0 Å². The third kappa shape index (κ3) is 26.4. The standard InChI is InChI=1S/C21H25N3O2.C21H24N3O2.C17H16BrNO2.C9H9NO.C8H8Br2O.C4H9N2.2CH3BO/c2*1-26-19-13-16(12-18(14-19)23-10-8-22-9-11-23)15-24-20-5-3-2-4-17(20)6-7-21(24)25;1-21-15-9-12(8-14(18)10-15)11-19-16-5-3-2-4-13(16)6-7-17(19)20;11-9-6-5-7-3-1-2-4-8(7)10-9;1-11-8-3-6(5-9)2-7(10)4-8;1-2-6-4-3-5-1;2*1-2-3/h2-5,12-14,22H,6-11,15H2,1H3;2-5,12-14H,6-11,15H2,1H3;2-5,8-10H,6-7,11H2,1H3;1-4H,5-6H2,(H,10,11);2-4H,5H2,1H3;5H,1-4H2;2*1H3/q;-1;;;;-1;;. The van der Waals surface area contributed by atoms with Crippen molar-refractivity contribution >= 4 is 120 Å². The molecule has 7 heterocycles. The van der Waals surface area contributed by atoms with Crippen LogP contribution >= 0.6 is 47.8 Å². The summed E-state index contributed by atoms with van der Waals surface area (Å²) in [4.78, 5) is 58.7. The largest absolute Gasteiger partial charge is 0.659 e. The van der Waals surface area contributed by atoms with Gasteiger partial charge in [0.25, 0.3) is 0 Å². The van der Waals surface area contributed by atoms with Crippen molar-refractivity contribution in [2.24, 2.45) is 0 Å². The van der Waals surface area contributed by atoms with E-state index in [1.165, 1.54) is 47.2 Å². The number of anilines is 6. The van der Waals surface area contributed by atoms with Crippen LogP contribution in [0.2, 0.25) is 13.6 Å². The van der Waals surface area contributed by atoms with Crippen LogP contribution in [0.25, 0.3) is 10.6 Å². The average Bonchev–Trinajstić information content (AvgIpc) is 0.806. The number of fused-ring (bicyclic) bond motifs is 4. The number of hydrogen-bond acceptors (Lipinski definition) is 14. The normalized spacial score (nSPS) is 15.2. The maximum absolute atomic E-state index is 12.6. The molecule has 0 unspecified atom stereocenters. The van der Waals surface area contributed by atoms with Gasteiger partial charge >= 0.3 is 37.4 Å². The Morgan fingerprint density at radius 3 is 1.15 bits per heavy atom. The Hall–Kier alpha value is -8.55. The fourth-order valence-corrected chi connectivity index (χ4v) is 14.3. The molecule has 3 fully saturated rings. The summed E-state index contributed by atoms with van der Waals surface area (Å²) in [6.07, 6.45) is 5.70. The van der Waals surface area contributed by atoms with Gasteiger partial charge in [0.2, 0.25) is 23.6 Å². The summed E-state index contributed by atoms with van der Waals surface area (Å²) < 4.78 is 41.0. The van der Waals surface area contributed by atoms with Crippen molar-refractivity contribution in [1.82, 2.24) is 10.6 Å². The maximum atomic E-state index is 12.6. The molecule has 0 aliphatic carbocycles. The summed E-state index contributed by atoms with van der Waals surface area (Å²) in [5, 5.41) is 18.8. The number of para-hydroxylation sites is 4. The molecule has 15 rings (SSSR count). The molecular weight excluding hydrogens is 1550 g/mol. The van der Waals surface area contributed by atoms with Crippen molar-refractivity contribution in [2.45, 2.75) is 90.0 Å². The number of nitrogens with zero attached hydrogens (tertiary/aromatic N) is 7. The second-order valence-corrected chi connectivity index (χ2v) is 27.9. The van der Waals surface area contributed by atoms with E-state index in [-0.39, 0.29) is 23.6 Å². The molecule has 0 aromatic heterocycles. The van der Waals surface area contributed by atoms with Gasteiger partial charge in [0, 0.05) is 112 Å². The van der Waals surface area contributed by atoms with E-state index in [0.29, 0.717) is 45.3 Å². The number of nitrogens with one attached hydrogen (secondary N) is 3. The zero-order chi connectivity index (χ0) is 76.3. The third-order valence-electron chi connectivity index (χ3n) is 18.2. The summed E-state index contributed by atoms with van der Waals surface area (Å²) in [5.41, 5.74) is 15.8. The van der Waals surface area contributed by atoms with Gasteiger partial charge in [-0.15, -0.1) is 26.2 Å². The molecule has 564 valence electrons. The van der Waals surface area contributed by atoms with Gasteiger partial charge in [-0.2, -0.15) is 0 Å². The van der Waals surface area contributed by atoms with Crippen molar-refractivity contribution in [3.63, 3.8) is 0 Å². The summed E-state index contributed by atoms with van der Waals surface area (Å²) in [5.74, 6) is 4.02. The molecule has 0 atom stereocenters. The number of halogens is 3. The van der Waals surface area contributed by atoms with E-state index in [9.17, 15) is 19.2 Å². The summed E-state index contributed by atoms with van der Waals surface area (Å²) >= 11 is 10.3. The second-order valence-electron chi connectivity index (χ2n) is 25.5. The Balaban J connectivity index is 0.000000167. The van der Waals surface area contributed by atoms with E-state index in [4.69, 9.17) is 28.4 Å². The van der Waals surface area contributed by atoms with E-state index in [1.54, 1.807) is 28.4 Å². The van der Waals surface area contributed by atoms with Gasteiger partial charge in [-0.3, -0.25) is 19.2 Å². The van der Waals surface area contributed by atoms with Crippen molar-refractivity contribution in [3.05, 3.63) is 234 Å². The first-order valence-corrected chi connectivity index (χ1v) is 38.9. The minimum Gasteiger partial charge on any atom is -0.659 e. The van der Waals surface area contributed by atoms with Crippen molar-refractivity contribution < 1.29 is 47.5 Å². The summed E-state index contributed by atoms with van der Waals surface area (Å²) in [6.45, 7) is 16.3. The van der Waals surface area contributed by atoms with Crippen molar-refractivity contribution in [2.75, 3.05) is 137 Å². The molecular formula is C82H97B2Br3N10O10-2. The number of hydrogen-bond donors (Lipinski definition) is 3. The Bertz CT molecular complexity index is 4030. The van der Waals surface area contributed by atoms with Gasteiger partial charge in [-0.05, 0) is 181 Å². The molecule has 8 aromatic rings.